The maximum Gasteiger partial charge on any atom is 0.325 e. The Morgan fingerprint density at radius 2 is 1.85 bits per heavy atom. The quantitative estimate of drug-likeness (QED) is 0.730. The van der Waals surface area contributed by atoms with Gasteiger partial charge in [-0.05, 0) is 61.8 Å². The number of hydrogen-bond donors (Lipinski definition) is 2. The van der Waals surface area contributed by atoms with Gasteiger partial charge in [-0.15, -0.1) is 0 Å². The zero-order valence-corrected chi connectivity index (χ0v) is 16.7. The van der Waals surface area contributed by atoms with E-state index in [-0.39, 0.29) is 18.4 Å². The average molecular weight is 412 g/mol. The normalized spacial score (nSPS) is 25.0. The molecule has 3 rings (SSSR count). The fourth-order valence-electron chi connectivity index (χ4n) is 3.71. The van der Waals surface area contributed by atoms with Gasteiger partial charge in [-0.3, -0.25) is 14.5 Å². The second-order valence-electron chi connectivity index (χ2n) is 7.46. The molecule has 2 aliphatic rings. The first-order valence-corrected chi connectivity index (χ1v) is 9.90. The summed E-state index contributed by atoms with van der Waals surface area (Å²) in [4.78, 5) is 38.2. The van der Waals surface area contributed by atoms with Crippen molar-refractivity contribution in [2.24, 2.45) is 5.92 Å². The molecule has 8 heteroatoms. The first kappa shape index (κ1) is 20.0. The van der Waals surface area contributed by atoms with Gasteiger partial charge in [-0.1, -0.05) is 30.1 Å². The maximum absolute atomic E-state index is 12.7. The zero-order chi connectivity index (χ0) is 19.6. The van der Waals surface area contributed by atoms with Gasteiger partial charge in [0.05, 0.1) is 0 Å². The number of hydrogen-bond acceptors (Lipinski definition) is 3. The largest absolute Gasteiger partial charge is 0.354 e. The SMILES string of the molecule is CC1CCC2(CC1)NC(=O)N(CC(=O)NCCc1cc(Cl)cc(Cl)c1)C2=O. The Morgan fingerprint density at radius 3 is 2.48 bits per heavy atom. The minimum Gasteiger partial charge on any atom is -0.354 e. The predicted octanol–water partition coefficient (Wildman–Crippen LogP) is 3.15. The molecular weight excluding hydrogens is 389 g/mol. The smallest absolute Gasteiger partial charge is 0.325 e. The number of nitrogens with zero attached hydrogens (tertiary/aromatic N) is 1. The average Bonchev–Trinajstić information content (AvgIpc) is 2.81. The summed E-state index contributed by atoms with van der Waals surface area (Å²) in [5.74, 6) is -0.0957. The standard InChI is InChI=1S/C19H23Cl2N3O3/c1-12-2-5-19(6-3-12)17(26)24(18(27)23-19)11-16(25)22-7-4-13-8-14(20)10-15(21)9-13/h8-10,12H,2-7,11H2,1H3,(H,22,25)(H,23,27). The van der Waals surface area contributed by atoms with Gasteiger partial charge in [-0.25, -0.2) is 4.79 Å². The van der Waals surface area contributed by atoms with Crippen molar-refractivity contribution in [1.29, 1.82) is 0 Å². The van der Waals surface area contributed by atoms with Crippen molar-refractivity contribution in [3.63, 3.8) is 0 Å². The van der Waals surface area contributed by atoms with E-state index in [9.17, 15) is 14.4 Å². The van der Waals surface area contributed by atoms with Crippen LogP contribution in [0.25, 0.3) is 0 Å². The summed E-state index contributed by atoms with van der Waals surface area (Å²) in [6.07, 6.45) is 3.61. The molecule has 0 bridgehead atoms. The van der Waals surface area contributed by atoms with E-state index in [1.54, 1.807) is 18.2 Å². The summed E-state index contributed by atoms with van der Waals surface area (Å²) in [5, 5.41) is 6.63. The number of amides is 4. The van der Waals surface area contributed by atoms with Crippen molar-refractivity contribution < 1.29 is 14.4 Å². The molecule has 0 unspecified atom stereocenters. The second kappa shape index (κ2) is 8.07. The lowest BCUT2D eigenvalue weighted by Crippen LogP contribution is -2.50. The first-order valence-electron chi connectivity index (χ1n) is 9.15. The molecule has 146 valence electrons. The van der Waals surface area contributed by atoms with Crippen LogP contribution in [0.15, 0.2) is 18.2 Å². The molecule has 0 radical (unpaired) electrons. The molecule has 1 aromatic carbocycles. The van der Waals surface area contributed by atoms with Crippen molar-refractivity contribution in [3.8, 4) is 0 Å². The number of nitrogens with one attached hydrogen (secondary N) is 2. The van der Waals surface area contributed by atoms with E-state index >= 15 is 0 Å². The number of carbonyl (C=O) groups excluding carboxylic acids is 3. The van der Waals surface area contributed by atoms with Crippen LogP contribution in [0.3, 0.4) is 0 Å². The van der Waals surface area contributed by atoms with Gasteiger partial charge in [0.25, 0.3) is 5.91 Å². The summed E-state index contributed by atoms with van der Waals surface area (Å²) in [6.45, 7) is 2.24. The molecule has 2 fully saturated rings. The van der Waals surface area contributed by atoms with E-state index < -0.39 is 11.6 Å². The van der Waals surface area contributed by atoms with Crippen LogP contribution in [0.1, 0.15) is 38.2 Å². The summed E-state index contributed by atoms with van der Waals surface area (Å²) in [7, 11) is 0. The van der Waals surface area contributed by atoms with Crippen LogP contribution in [-0.4, -0.2) is 41.4 Å². The highest BCUT2D eigenvalue weighted by Crippen LogP contribution is 2.36. The van der Waals surface area contributed by atoms with Crippen LogP contribution < -0.4 is 10.6 Å². The highest BCUT2D eigenvalue weighted by molar-refractivity contribution is 6.34. The molecule has 4 amide bonds. The fraction of sp³-hybridized carbons (Fsp3) is 0.526. The summed E-state index contributed by atoms with van der Waals surface area (Å²) < 4.78 is 0. The lowest BCUT2D eigenvalue weighted by atomic mass is 9.77. The molecule has 6 nitrogen and oxygen atoms in total. The Kier molecular flexibility index (Phi) is 5.96. The topological polar surface area (TPSA) is 78.5 Å². The van der Waals surface area contributed by atoms with E-state index in [1.165, 1.54) is 0 Å². The molecule has 2 N–H and O–H groups in total. The Morgan fingerprint density at radius 1 is 1.22 bits per heavy atom. The number of carbonyl (C=O) groups is 3. The predicted molar refractivity (Wildman–Crippen MR) is 104 cm³/mol. The van der Waals surface area contributed by atoms with E-state index in [4.69, 9.17) is 23.2 Å². The highest BCUT2D eigenvalue weighted by atomic mass is 35.5. The Hall–Kier alpha value is -1.79. The van der Waals surface area contributed by atoms with Crippen LogP contribution in [0.5, 0.6) is 0 Å². The Balaban J connectivity index is 1.51. The van der Waals surface area contributed by atoms with Crippen molar-refractivity contribution in [2.45, 2.75) is 44.6 Å². The van der Waals surface area contributed by atoms with Crippen LogP contribution in [0.4, 0.5) is 4.79 Å². The Labute approximate surface area is 168 Å². The third-order valence-electron chi connectivity index (χ3n) is 5.33. The number of rotatable bonds is 5. The molecule has 1 saturated heterocycles. The monoisotopic (exact) mass is 411 g/mol. The van der Waals surface area contributed by atoms with E-state index in [1.807, 2.05) is 0 Å². The zero-order valence-electron chi connectivity index (χ0n) is 15.2. The number of benzene rings is 1. The van der Waals surface area contributed by atoms with Crippen LogP contribution >= 0.6 is 23.2 Å². The first-order chi connectivity index (χ1) is 12.8. The van der Waals surface area contributed by atoms with Crippen LogP contribution in [0.2, 0.25) is 10.0 Å². The molecule has 1 aliphatic carbocycles. The molecule has 1 aliphatic heterocycles. The van der Waals surface area contributed by atoms with Gasteiger partial charge in [0.1, 0.15) is 12.1 Å². The van der Waals surface area contributed by atoms with Gasteiger partial charge in [0.2, 0.25) is 5.91 Å². The van der Waals surface area contributed by atoms with E-state index in [0.717, 1.165) is 23.3 Å². The lowest BCUT2D eigenvalue weighted by Gasteiger charge is -2.33. The number of urea groups is 1. The van der Waals surface area contributed by atoms with Crippen LogP contribution in [0, 0.1) is 5.92 Å². The third-order valence-corrected chi connectivity index (χ3v) is 5.77. The lowest BCUT2D eigenvalue weighted by molar-refractivity contribution is -0.136. The van der Waals surface area contributed by atoms with Crippen molar-refractivity contribution in [2.75, 3.05) is 13.1 Å². The minimum atomic E-state index is -0.818. The number of halogens is 2. The minimum absolute atomic E-state index is 0.266. The highest BCUT2D eigenvalue weighted by Gasteiger charge is 2.52. The molecular formula is C19H23Cl2N3O3. The maximum atomic E-state index is 12.7. The van der Waals surface area contributed by atoms with Crippen molar-refractivity contribution in [3.05, 3.63) is 33.8 Å². The van der Waals surface area contributed by atoms with Crippen molar-refractivity contribution in [1.82, 2.24) is 15.5 Å². The van der Waals surface area contributed by atoms with Gasteiger partial charge < -0.3 is 10.6 Å². The number of imide groups is 1. The fourth-order valence-corrected chi connectivity index (χ4v) is 4.29. The molecule has 1 heterocycles. The molecule has 0 aromatic heterocycles. The third kappa shape index (κ3) is 4.55. The van der Waals surface area contributed by atoms with Crippen LogP contribution in [-0.2, 0) is 16.0 Å². The summed E-state index contributed by atoms with van der Waals surface area (Å²) >= 11 is 11.9. The van der Waals surface area contributed by atoms with Gasteiger partial charge in [-0.2, -0.15) is 0 Å². The molecule has 1 saturated carbocycles. The summed E-state index contributed by atoms with van der Waals surface area (Å²) in [5.41, 5.74) is 0.0829. The molecule has 1 aromatic rings. The van der Waals surface area contributed by atoms with Gasteiger partial charge >= 0.3 is 6.03 Å². The summed E-state index contributed by atoms with van der Waals surface area (Å²) in [6, 6.07) is 4.73. The van der Waals surface area contributed by atoms with Crippen molar-refractivity contribution >= 4 is 41.0 Å². The molecule has 27 heavy (non-hydrogen) atoms. The molecule has 1 spiro atoms. The second-order valence-corrected chi connectivity index (χ2v) is 8.34. The van der Waals surface area contributed by atoms with E-state index in [2.05, 4.69) is 17.6 Å². The van der Waals surface area contributed by atoms with Gasteiger partial charge in [0, 0.05) is 16.6 Å². The van der Waals surface area contributed by atoms with Gasteiger partial charge in [0.15, 0.2) is 0 Å². The Bertz CT molecular complexity index is 740. The van der Waals surface area contributed by atoms with E-state index in [0.29, 0.717) is 41.8 Å². The molecule has 0 atom stereocenters.